The van der Waals surface area contributed by atoms with E-state index in [0.717, 1.165) is 12.1 Å². The fraction of sp³-hybridized carbons (Fsp3) is 0.318. The quantitative estimate of drug-likeness (QED) is 0.733. The van der Waals surface area contributed by atoms with Gasteiger partial charge < -0.3 is 9.30 Å². The van der Waals surface area contributed by atoms with Crippen LogP contribution in [-0.2, 0) is 17.1 Å². The Morgan fingerprint density at radius 1 is 1.19 bits per heavy atom. The van der Waals surface area contributed by atoms with Crippen LogP contribution in [0.1, 0.15) is 25.0 Å². The topological polar surface area (TPSA) is 77.4 Å². The molecule has 2 aromatic rings. The van der Waals surface area contributed by atoms with Crippen molar-refractivity contribution in [3.63, 3.8) is 0 Å². The second-order valence-corrected chi connectivity index (χ2v) is 9.56. The molecule has 1 aromatic carbocycles. The number of benzene rings is 1. The number of pyridine rings is 1. The van der Waals surface area contributed by atoms with E-state index in [-0.39, 0.29) is 28.7 Å². The molecule has 0 bridgehead atoms. The minimum absolute atomic E-state index is 0.0772. The van der Waals surface area contributed by atoms with Crippen LogP contribution in [0.4, 0.5) is 8.78 Å². The molecule has 1 heterocycles. The molecule has 166 valence electrons. The van der Waals surface area contributed by atoms with E-state index in [0.29, 0.717) is 16.7 Å². The lowest BCUT2D eigenvalue weighted by molar-refractivity contribution is 0.399. The number of halogens is 2. The monoisotopic (exact) mass is 450 g/mol. The van der Waals surface area contributed by atoms with E-state index in [4.69, 9.17) is 4.74 Å². The summed E-state index contributed by atoms with van der Waals surface area (Å²) in [6, 6.07) is 4.09. The van der Waals surface area contributed by atoms with Crippen molar-refractivity contribution in [1.29, 1.82) is 0 Å². The number of hydrogen-bond acceptors (Lipinski definition) is 4. The smallest absolute Gasteiger partial charge is 0.253 e. The average Bonchev–Trinajstić information content (AvgIpc) is 2.69. The van der Waals surface area contributed by atoms with E-state index >= 15 is 0 Å². The highest BCUT2D eigenvalue weighted by molar-refractivity contribution is 7.89. The van der Waals surface area contributed by atoms with Gasteiger partial charge in [0.15, 0.2) is 11.6 Å². The van der Waals surface area contributed by atoms with Gasteiger partial charge in [-0.3, -0.25) is 4.79 Å². The fourth-order valence-corrected chi connectivity index (χ4v) is 4.17. The number of aromatic nitrogens is 1. The van der Waals surface area contributed by atoms with Crippen molar-refractivity contribution in [2.24, 2.45) is 13.0 Å². The van der Waals surface area contributed by atoms with Gasteiger partial charge in [-0.15, -0.1) is 0 Å². The molecular weight excluding hydrogens is 426 g/mol. The first-order chi connectivity index (χ1) is 14.5. The molecule has 0 saturated carbocycles. The molecular formula is C22H24F2N2O4S. The van der Waals surface area contributed by atoms with Gasteiger partial charge in [-0.2, -0.15) is 0 Å². The summed E-state index contributed by atoms with van der Waals surface area (Å²) in [6.07, 6.45) is 4.97. The first-order valence-electron chi connectivity index (χ1n) is 9.75. The van der Waals surface area contributed by atoms with Crippen LogP contribution in [0.25, 0.3) is 5.57 Å². The molecule has 0 fully saturated rings. The Labute approximate surface area is 179 Å². The largest absolute Gasteiger partial charge is 0.454 e. The van der Waals surface area contributed by atoms with Crippen LogP contribution in [0.2, 0.25) is 0 Å². The van der Waals surface area contributed by atoms with E-state index in [1.54, 1.807) is 52.2 Å². The van der Waals surface area contributed by atoms with Crippen LogP contribution < -0.4 is 15.0 Å². The van der Waals surface area contributed by atoms with Gasteiger partial charge in [0.05, 0.1) is 5.75 Å². The van der Waals surface area contributed by atoms with Gasteiger partial charge in [0, 0.05) is 42.1 Å². The summed E-state index contributed by atoms with van der Waals surface area (Å²) in [4.78, 5) is 12.1. The molecule has 6 nitrogen and oxygen atoms in total. The first kappa shape index (κ1) is 22.9. The maximum Gasteiger partial charge on any atom is 0.253 e. The Kier molecular flexibility index (Phi) is 6.47. The van der Waals surface area contributed by atoms with Gasteiger partial charge >= 0.3 is 0 Å². The average molecular weight is 451 g/mol. The second kappa shape index (κ2) is 8.76. The van der Waals surface area contributed by atoms with E-state index < -0.39 is 27.7 Å². The molecule has 1 aromatic heterocycles. The van der Waals surface area contributed by atoms with Gasteiger partial charge in [0.1, 0.15) is 11.6 Å². The van der Waals surface area contributed by atoms with Crippen molar-refractivity contribution >= 4 is 15.6 Å². The number of rotatable bonds is 6. The molecule has 1 aliphatic carbocycles. The summed E-state index contributed by atoms with van der Waals surface area (Å²) < 4.78 is 61.6. The zero-order chi connectivity index (χ0) is 22.9. The molecule has 0 amide bonds. The number of hydrogen-bond donors (Lipinski definition) is 1. The zero-order valence-electron chi connectivity index (χ0n) is 17.6. The third kappa shape index (κ3) is 5.11. The van der Waals surface area contributed by atoms with Crippen molar-refractivity contribution in [3.8, 4) is 5.75 Å². The Balaban J connectivity index is 2.10. The van der Waals surface area contributed by atoms with Crippen LogP contribution in [0.5, 0.6) is 5.75 Å². The molecule has 1 N–H and O–H groups in total. The zero-order valence-corrected chi connectivity index (χ0v) is 18.5. The fourth-order valence-electron chi connectivity index (χ4n) is 3.31. The van der Waals surface area contributed by atoms with Gasteiger partial charge in [0.25, 0.3) is 5.56 Å². The third-order valence-electron chi connectivity index (χ3n) is 5.08. The predicted octanol–water partition coefficient (Wildman–Crippen LogP) is 3.28. The molecule has 31 heavy (non-hydrogen) atoms. The van der Waals surface area contributed by atoms with Gasteiger partial charge in [-0.05, 0) is 44.0 Å². The lowest BCUT2D eigenvalue weighted by Crippen LogP contribution is -2.40. The Bertz CT molecular complexity index is 1210. The number of ether oxygens (including phenoxy) is 1. The Hall–Kier alpha value is -2.78. The van der Waals surface area contributed by atoms with E-state index in [9.17, 15) is 22.0 Å². The molecule has 0 aliphatic heterocycles. The highest BCUT2D eigenvalue weighted by Crippen LogP contribution is 2.34. The molecule has 2 atom stereocenters. The van der Waals surface area contributed by atoms with Crippen LogP contribution in [-0.4, -0.2) is 24.8 Å². The lowest BCUT2D eigenvalue weighted by Gasteiger charge is -2.28. The van der Waals surface area contributed by atoms with Crippen molar-refractivity contribution in [2.45, 2.75) is 26.8 Å². The van der Waals surface area contributed by atoms with Crippen molar-refractivity contribution in [3.05, 3.63) is 81.5 Å². The van der Waals surface area contributed by atoms with Crippen LogP contribution in [0, 0.1) is 24.5 Å². The van der Waals surface area contributed by atoms with Gasteiger partial charge in [0.2, 0.25) is 10.0 Å². The Morgan fingerprint density at radius 2 is 1.90 bits per heavy atom. The summed E-state index contributed by atoms with van der Waals surface area (Å²) >= 11 is 0. The maximum absolute atomic E-state index is 14.2. The van der Waals surface area contributed by atoms with E-state index in [2.05, 4.69) is 4.72 Å². The van der Waals surface area contributed by atoms with Gasteiger partial charge in [-0.25, -0.2) is 21.9 Å². The maximum atomic E-state index is 14.2. The van der Waals surface area contributed by atoms with Gasteiger partial charge in [-0.1, -0.05) is 13.0 Å². The summed E-state index contributed by atoms with van der Waals surface area (Å²) in [6.45, 7) is 5.00. The summed E-state index contributed by atoms with van der Waals surface area (Å²) in [5, 5.41) is 0. The molecule has 3 rings (SSSR count). The number of aryl methyl sites for hydroxylation is 2. The van der Waals surface area contributed by atoms with Crippen LogP contribution in [0.15, 0.2) is 53.2 Å². The minimum Gasteiger partial charge on any atom is -0.454 e. The van der Waals surface area contributed by atoms with Crippen molar-refractivity contribution in [2.75, 3.05) is 5.75 Å². The molecule has 1 aliphatic rings. The highest BCUT2D eigenvalue weighted by Gasteiger charge is 2.28. The molecule has 0 radical (unpaired) electrons. The standard InChI is InChI=1S/C22H24F2N2O4S/c1-5-31(28,29)25-19-11-17(15-8-14(3)22(27)26(4)12-15)21(9-13(19)2)30-20-7-6-16(23)10-18(20)24/h6-13,19,25H,5H2,1-4H3. The summed E-state index contributed by atoms with van der Waals surface area (Å²) in [5.74, 6) is -1.86. The third-order valence-corrected chi connectivity index (χ3v) is 6.47. The van der Waals surface area contributed by atoms with Crippen LogP contribution in [0.3, 0.4) is 0 Å². The number of nitrogens with one attached hydrogen (secondary N) is 1. The normalized spacial score (nSPS) is 19.0. The lowest BCUT2D eigenvalue weighted by atomic mass is 9.89. The number of nitrogens with zero attached hydrogens (tertiary/aromatic N) is 1. The number of sulfonamides is 1. The first-order valence-corrected chi connectivity index (χ1v) is 11.4. The second-order valence-electron chi connectivity index (χ2n) is 7.52. The SMILES string of the molecule is CCS(=O)(=O)NC1C=C(c2cc(C)c(=O)n(C)c2)C(Oc2ccc(F)cc2F)=CC1C. The number of allylic oxidation sites excluding steroid dienone is 1. The van der Waals surface area contributed by atoms with Crippen molar-refractivity contribution < 1.29 is 21.9 Å². The summed E-state index contributed by atoms with van der Waals surface area (Å²) in [5.41, 5.74) is 1.40. The molecule has 0 spiro atoms. The molecule has 9 heteroatoms. The predicted molar refractivity (Wildman–Crippen MR) is 115 cm³/mol. The Morgan fingerprint density at radius 3 is 2.52 bits per heavy atom. The molecule has 0 saturated heterocycles. The van der Waals surface area contributed by atoms with Crippen LogP contribution >= 0.6 is 0 Å². The van der Waals surface area contributed by atoms with E-state index in [1.165, 1.54) is 10.6 Å². The molecule has 2 unspecified atom stereocenters. The van der Waals surface area contributed by atoms with Crippen molar-refractivity contribution in [1.82, 2.24) is 9.29 Å². The highest BCUT2D eigenvalue weighted by atomic mass is 32.2. The van der Waals surface area contributed by atoms with E-state index in [1.807, 2.05) is 0 Å². The minimum atomic E-state index is -3.49. The summed E-state index contributed by atoms with van der Waals surface area (Å²) in [7, 11) is -1.89.